The van der Waals surface area contributed by atoms with E-state index in [2.05, 4.69) is 20.3 Å². The molecule has 0 unspecified atom stereocenters. The van der Waals surface area contributed by atoms with Gasteiger partial charge in [-0.05, 0) is 49.2 Å². The molecule has 0 spiro atoms. The fraction of sp³-hybridized carbons (Fsp3) is 0.172. The van der Waals surface area contributed by atoms with Crippen LogP contribution < -0.4 is 5.32 Å². The second-order valence-corrected chi connectivity index (χ2v) is 12.2. The smallest absolute Gasteiger partial charge is 0.269 e. The number of hydrogen-bond acceptors (Lipinski definition) is 9. The molecule has 1 aliphatic rings. The summed E-state index contributed by atoms with van der Waals surface area (Å²) >= 11 is 6.54. The molecule has 0 atom stereocenters. The zero-order valence-electron chi connectivity index (χ0n) is 22.5. The van der Waals surface area contributed by atoms with Crippen LogP contribution in [0.2, 0.25) is 5.02 Å². The molecule has 6 rings (SSSR count). The van der Waals surface area contributed by atoms with Gasteiger partial charge in [0.2, 0.25) is 5.95 Å². The molecule has 3 aromatic heterocycles. The second-order valence-electron chi connectivity index (χ2n) is 9.94. The number of pyridine rings is 1. The lowest BCUT2D eigenvalue weighted by Crippen LogP contribution is -2.42. The van der Waals surface area contributed by atoms with Gasteiger partial charge in [0.15, 0.2) is 5.65 Å². The number of nitrogens with zero attached hydrogens (tertiary/aromatic N) is 6. The number of nitro groups is 1. The molecule has 218 valence electrons. The van der Waals surface area contributed by atoms with Gasteiger partial charge in [0.1, 0.15) is 0 Å². The van der Waals surface area contributed by atoms with Crippen molar-refractivity contribution in [2.45, 2.75) is 23.8 Å². The van der Waals surface area contributed by atoms with Crippen molar-refractivity contribution >= 4 is 50.2 Å². The molecule has 0 bridgehead atoms. The average molecular weight is 618 g/mol. The Morgan fingerprint density at radius 2 is 1.72 bits per heavy atom. The van der Waals surface area contributed by atoms with Gasteiger partial charge in [-0.15, -0.1) is 0 Å². The zero-order chi connectivity index (χ0) is 30.1. The number of halogens is 1. The van der Waals surface area contributed by atoms with Crippen molar-refractivity contribution in [3.63, 3.8) is 0 Å². The number of amides is 1. The number of benzene rings is 2. The SMILES string of the molecule is O=C(c1ccc([N+](=O)[O-])cc1)N1CCC(Nc2ncc(Cl)c(-c3cn(S(=O)(=O)c4ccccc4)c4ncccc34)n2)CC1. The fourth-order valence-corrected chi connectivity index (χ4v) is 6.59. The Kier molecular flexibility index (Phi) is 7.50. The van der Waals surface area contributed by atoms with E-state index in [4.69, 9.17) is 11.6 Å². The summed E-state index contributed by atoms with van der Waals surface area (Å²) in [5.41, 5.74) is 1.41. The zero-order valence-corrected chi connectivity index (χ0v) is 24.1. The molecule has 1 amide bonds. The van der Waals surface area contributed by atoms with Gasteiger partial charge >= 0.3 is 0 Å². The number of aromatic nitrogens is 4. The summed E-state index contributed by atoms with van der Waals surface area (Å²) in [5, 5.41) is 15.0. The van der Waals surface area contributed by atoms with Gasteiger partial charge in [0, 0.05) is 60.2 Å². The first-order valence-electron chi connectivity index (χ1n) is 13.3. The molecule has 2 aromatic carbocycles. The summed E-state index contributed by atoms with van der Waals surface area (Å²) in [6.07, 6.45) is 5.71. The maximum absolute atomic E-state index is 13.5. The van der Waals surface area contributed by atoms with Crippen LogP contribution in [0.5, 0.6) is 0 Å². The maximum Gasteiger partial charge on any atom is 0.269 e. The van der Waals surface area contributed by atoms with E-state index in [-0.39, 0.29) is 33.2 Å². The topological polar surface area (TPSA) is 153 Å². The molecule has 4 heterocycles. The Morgan fingerprint density at radius 1 is 1.00 bits per heavy atom. The summed E-state index contributed by atoms with van der Waals surface area (Å²) in [7, 11) is -3.95. The number of nitrogens with one attached hydrogen (secondary N) is 1. The third-order valence-electron chi connectivity index (χ3n) is 7.27. The lowest BCUT2D eigenvalue weighted by molar-refractivity contribution is -0.384. The number of carbonyl (C=O) groups is 1. The fourth-order valence-electron chi connectivity index (χ4n) is 5.05. The monoisotopic (exact) mass is 617 g/mol. The second kappa shape index (κ2) is 11.4. The van der Waals surface area contributed by atoms with Crippen molar-refractivity contribution in [1.82, 2.24) is 23.8 Å². The van der Waals surface area contributed by atoms with E-state index in [1.165, 1.54) is 55.0 Å². The summed E-state index contributed by atoms with van der Waals surface area (Å²) in [4.78, 5) is 38.5. The first kappa shape index (κ1) is 28.2. The number of piperidine rings is 1. The van der Waals surface area contributed by atoms with Crippen LogP contribution in [0.15, 0.2) is 90.2 Å². The maximum atomic E-state index is 13.5. The minimum absolute atomic E-state index is 0.0311. The predicted molar refractivity (Wildman–Crippen MR) is 160 cm³/mol. The van der Waals surface area contributed by atoms with E-state index in [0.29, 0.717) is 54.1 Å². The number of non-ortho nitro benzene ring substituents is 1. The van der Waals surface area contributed by atoms with Gasteiger partial charge < -0.3 is 10.2 Å². The molecule has 43 heavy (non-hydrogen) atoms. The number of likely N-dealkylation sites (tertiary alicyclic amines) is 1. The standard InChI is InChI=1S/C29H24ClN7O5S/c30-25-17-32-29(33-20-12-15-35(16-13-20)28(38)19-8-10-21(11-9-19)37(39)40)34-26(25)24-18-36(27-23(24)7-4-14-31-27)43(41,42)22-5-2-1-3-6-22/h1-11,14,17-18,20H,12-13,15-16H2,(H,32,33,34). The van der Waals surface area contributed by atoms with E-state index in [9.17, 15) is 23.3 Å². The van der Waals surface area contributed by atoms with Crippen LogP contribution in [0, 0.1) is 10.1 Å². The highest BCUT2D eigenvalue weighted by Gasteiger charge is 2.26. The van der Waals surface area contributed by atoms with Crippen LogP contribution in [0.3, 0.4) is 0 Å². The average Bonchev–Trinajstić information content (AvgIpc) is 3.43. The Bertz CT molecular complexity index is 1940. The first-order chi connectivity index (χ1) is 20.7. The third kappa shape index (κ3) is 5.51. The number of fused-ring (bicyclic) bond motifs is 1. The van der Waals surface area contributed by atoms with E-state index in [1.807, 2.05) is 0 Å². The number of rotatable bonds is 7. The van der Waals surface area contributed by atoms with E-state index in [0.717, 1.165) is 3.97 Å². The van der Waals surface area contributed by atoms with Crippen molar-refractivity contribution in [2.24, 2.45) is 0 Å². The normalized spacial score (nSPS) is 14.1. The van der Waals surface area contributed by atoms with Crippen molar-refractivity contribution < 1.29 is 18.1 Å². The molecule has 0 saturated carbocycles. The van der Waals surface area contributed by atoms with Crippen LogP contribution in [0.25, 0.3) is 22.3 Å². The summed E-state index contributed by atoms with van der Waals surface area (Å²) in [6, 6.07) is 17.1. The number of carbonyl (C=O) groups excluding carboxylic acids is 1. The van der Waals surface area contributed by atoms with Crippen LogP contribution in [0.4, 0.5) is 11.6 Å². The van der Waals surface area contributed by atoms with Gasteiger partial charge in [0.25, 0.3) is 21.6 Å². The van der Waals surface area contributed by atoms with Crippen molar-refractivity contribution in [1.29, 1.82) is 0 Å². The van der Waals surface area contributed by atoms with Crippen molar-refractivity contribution in [2.75, 3.05) is 18.4 Å². The molecule has 14 heteroatoms. The predicted octanol–water partition coefficient (Wildman–Crippen LogP) is 5.01. The first-order valence-corrected chi connectivity index (χ1v) is 15.1. The van der Waals surface area contributed by atoms with E-state index < -0.39 is 14.9 Å². The summed E-state index contributed by atoms with van der Waals surface area (Å²) in [5.74, 6) is 0.129. The molecule has 5 aromatic rings. The van der Waals surface area contributed by atoms with Crippen LogP contribution in [-0.4, -0.2) is 62.2 Å². The molecule has 1 aliphatic heterocycles. The lowest BCUT2D eigenvalue weighted by atomic mass is 10.0. The molecule has 0 radical (unpaired) electrons. The van der Waals surface area contributed by atoms with Crippen LogP contribution >= 0.6 is 11.6 Å². The Balaban J connectivity index is 1.22. The van der Waals surface area contributed by atoms with Gasteiger partial charge in [-0.2, -0.15) is 0 Å². The van der Waals surface area contributed by atoms with Gasteiger partial charge in [-0.3, -0.25) is 14.9 Å². The van der Waals surface area contributed by atoms with Crippen LogP contribution in [0.1, 0.15) is 23.2 Å². The van der Waals surface area contributed by atoms with Gasteiger partial charge in [0.05, 0.1) is 26.7 Å². The van der Waals surface area contributed by atoms with E-state index >= 15 is 0 Å². The number of hydrogen-bond donors (Lipinski definition) is 1. The lowest BCUT2D eigenvalue weighted by Gasteiger charge is -2.32. The highest BCUT2D eigenvalue weighted by atomic mass is 35.5. The number of anilines is 1. The van der Waals surface area contributed by atoms with E-state index in [1.54, 1.807) is 35.2 Å². The molecule has 12 nitrogen and oxygen atoms in total. The quantitative estimate of drug-likeness (QED) is 0.196. The minimum atomic E-state index is -3.95. The molecular formula is C29H24ClN7O5S. The number of nitro benzene ring substituents is 1. The highest BCUT2D eigenvalue weighted by molar-refractivity contribution is 7.90. The van der Waals surface area contributed by atoms with Gasteiger partial charge in [-0.25, -0.2) is 27.3 Å². The van der Waals surface area contributed by atoms with Gasteiger partial charge in [-0.1, -0.05) is 29.8 Å². The minimum Gasteiger partial charge on any atom is -0.351 e. The summed E-state index contributed by atoms with van der Waals surface area (Å²) in [6.45, 7) is 0.953. The molecular weight excluding hydrogens is 594 g/mol. The third-order valence-corrected chi connectivity index (χ3v) is 9.21. The molecule has 1 N–H and O–H groups in total. The Morgan fingerprint density at radius 3 is 2.42 bits per heavy atom. The Hall–Kier alpha value is -4.88. The van der Waals surface area contributed by atoms with Crippen LogP contribution in [-0.2, 0) is 10.0 Å². The largest absolute Gasteiger partial charge is 0.351 e. The molecule has 1 fully saturated rings. The van der Waals surface area contributed by atoms with Crippen molar-refractivity contribution in [3.05, 3.63) is 106 Å². The highest BCUT2D eigenvalue weighted by Crippen LogP contribution is 2.35. The Labute approximate surface area is 251 Å². The molecule has 0 aliphatic carbocycles. The van der Waals surface area contributed by atoms with Crippen molar-refractivity contribution in [3.8, 4) is 11.3 Å². The summed E-state index contributed by atoms with van der Waals surface area (Å²) < 4.78 is 28.1. The molecule has 1 saturated heterocycles.